The number of aliphatic hydroxyl groups excluding tert-OH is 1. The van der Waals surface area contributed by atoms with Crippen LogP contribution in [0.1, 0.15) is 45.0 Å². The minimum Gasteiger partial charge on any atom is -0.503 e. The van der Waals surface area contributed by atoms with Gasteiger partial charge in [-0.1, -0.05) is 24.3 Å². The van der Waals surface area contributed by atoms with Crippen LogP contribution >= 0.6 is 0 Å². The number of aliphatic hydroxyl groups is 1. The van der Waals surface area contributed by atoms with Crippen LogP contribution in [0.3, 0.4) is 0 Å². The summed E-state index contributed by atoms with van der Waals surface area (Å²) in [5, 5.41) is 10.7. The highest BCUT2D eigenvalue weighted by Gasteiger charge is 2.45. The first kappa shape index (κ1) is 21.1. The summed E-state index contributed by atoms with van der Waals surface area (Å²) in [6.45, 7) is 3.83. The van der Waals surface area contributed by atoms with Crippen molar-refractivity contribution in [1.29, 1.82) is 0 Å². The van der Waals surface area contributed by atoms with Gasteiger partial charge in [0.05, 0.1) is 30.0 Å². The molecule has 0 saturated heterocycles. The van der Waals surface area contributed by atoms with E-state index in [1.54, 1.807) is 49.4 Å². The van der Waals surface area contributed by atoms with E-state index >= 15 is 0 Å². The SMILES string of the molecule is CCOC(=O)c1ccc(N2C(=O)C(O)=C(C(=O)c3ccco3)C2c2ccccc2C)cc1. The maximum atomic E-state index is 13.2. The Bertz CT molecular complexity index is 1210. The molecule has 2 heterocycles. The standard InChI is InChI=1S/C25H21NO6/c1-3-31-25(30)16-10-12-17(13-11-16)26-21(18-8-5-4-7-15(18)2)20(23(28)24(26)29)22(27)19-9-6-14-32-19/h4-14,21,28H,3H2,1-2H3. The molecule has 7 nitrogen and oxygen atoms in total. The first-order chi connectivity index (χ1) is 15.4. The Labute approximate surface area is 184 Å². The Hall–Kier alpha value is -4.13. The number of carbonyl (C=O) groups is 3. The van der Waals surface area contributed by atoms with Crippen LogP contribution in [-0.4, -0.2) is 29.4 Å². The van der Waals surface area contributed by atoms with E-state index in [2.05, 4.69) is 0 Å². The molecule has 1 unspecified atom stereocenters. The zero-order valence-corrected chi connectivity index (χ0v) is 17.6. The second-order valence-electron chi connectivity index (χ2n) is 7.27. The Morgan fingerprint density at radius 3 is 2.41 bits per heavy atom. The number of rotatable bonds is 6. The number of carbonyl (C=O) groups excluding carboxylic acids is 3. The van der Waals surface area contributed by atoms with Crippen molar-refractivity contribution < 1.29 is 28.6 Å². The summed E-state index contributed by atoms with van der Waals surface area (Å²) in [6, 6.07) is 15.8. The number of Topliss-reactive ketones (excluding diaryl/α,β-unsaturated/α-hetero) is 1. The molecule has 1 aromatic heterocycles. The van der Waals surface area contributed by atoms with Crippen LogP contribution in [0.25, 0.3) is 0 Å². The van der Waals surface area contributed by atoms with Crippen LogP contribution in [0, 0.1) is 6.92 Å². The van der Waals surface area contributed by atoms with E-state index in [1.807, 2.05) is 19.1 Å². The topological polar surface area (TPSA) is 97.0 Å². The molecular weight excluding hydrogens is 410 g/mol. The fourth-order valence-electron chi connectivity index (χ4n) is 3.80. The molecule has 1 atom stereocenters. The van der Waals surface area contributed by atoms with Gasteiger partial charge in [0.2, 0.25) is 5.78 Å². The van der Waals surface area contributed by atoms with E-state index in [0.717, 1.165) is 5.56 Å². The lowest BCUT2D eigenvalue weighted by atomic mass is 9.92. The molecule has 162 valence electrons. The Balaban J connectivity index is 1.82. The van der Waals surface area contributed by atoms with E-state index in [9.17, 15) is 19.5 Å². The highest BCUT2D eigenvalue weighted by atomic mass is 16.5. The lowest BCUT2D eigenvalue weighted by Crippen LogP contribution is -2.31. The van der Waals surface area contributed by atoms with Gasteiger partial charge >= 0.3 is 5.97 Å². The summed E-state index contributed by atoms with van der Waals surface area (Å²) in [5.41, 5.74) is 2.23. The van der Waals surface area contributed by atoms with Gasteiger partial charge in [-0.25, -0.2) is 4.79 Å². The minimum absolute atomic E-state index is 0.0254. The van der Waals surface area contributed by atoms with Crippen molar-refractivity contribution in [2.75, 3.05) is 11.5 Å². The number of nitrogens with zero attached hydrogens (tertiary/aromatic N) is 1. The fraction of sp³-hybridized carbons (Fsp3) is 0.160. The number of furan rings is 1. The maximum Gasteiger partial charge on any atom is 0.338 e. The molecule has 2 aromatic carbocycles. The van der Waals surface area contributed by atoms with Gasteiger partial charge in [0.25, 0.3) is 5.91 Å². The maximum absolute atomic E-state index is 13.2. The smallest absolute Gasteiger partial charge is 0.338 e. The van der Waals surface area contributed by atoms with E-state index in [4.69, 9.17) is 9.15 Å². The van der Waals surface area contributed by atoms with Crippen LogP contribution in [0.5, 0.6) is 0 Å². The van der Waals surface area contributed by atoms with Crippen LogP contribution in [0.2, 0.25) is 0 Å². The third-order valence-electron chi connectivity index (χ3n) is 5.34. The molecule has 4 rings (SSSR count). The molecule has 0 aliphatic carbocycles. The predicted molar refractivity (Wildman–Crippen MR) is 116 cm³/mol. The monoisotopic (exact) mass is 431 g/mol. The van der Waals surface area contributed by atoms with Gasteiger partial charge in [-0.2, -0.15) is 0 Å². The number of ether oxygens (including phenoxy) is 1. The Morgan fingerprint density at radius 2 is 1.78 bits per heavy atom. The van der Waals surface area contributed by atoms with Gasteiger partial charge in [0.1, 0.15) is 0 Å². The molecule has 1 N–H and O–H groups in total. The van der Waals surface area contributed by atoms with Crippen molar-refractivity contribution in [3.05, 3.63) is 101 Å². The molecule has 0 bridgehead atoms. The van der Waals surface area contributed by atoms with Crippen molar-refractivity contribution in [3.8, 4) is 0 Å². The zero-order chi connectivity index (χ0) is 22.8. The first-order valence-electron chi connectivity index (χ1n) is 10.1. The van der Waals surface area contributed by atoms with Gasteiger partial charge in [-0.3, -0.25) is 14.5 Å². The second-order valence-corrected chi connectivity index (χ2v) is 7.27. The quantitative estimate of drug-likeness (QED) is 0.454. The number of anilines is 1. The van der Waals surface area contributed by atoms with Crippen molar-refractivity contribution in [1.82, 2.24) is 0 Å². The summed E-state index contributed by atoms with van der Waals surface area (Å²) in [4.78, 5) is 39.7. The van der Waals surface area contributed by atoms with Gasteiger partial charge in [-0.15, -0.1) is 0 Å². The summed E-state index contributed by atoms with van der Waals surface area (Å²) in [6.07, 6.45) is 1.36. The van der Waals surface area contributed by atoms with Crippen molar-refractivity contribution in [2.24, 2.45) is 0 Å². The van der Waals surface area contributed by atoms with Gasteiger partial charge in [-0.05, 0) is 61.4 Å². The Kier molecular flexibility index (Phi) is 5.64. The summed E-state index contributed by atoms with van der Waals surface area (Å²) >= 11 is 0. The van der Waals surface area contributed by atoms with Crippen LogP contribution < -0.4 is 4.90 Å². The molecule has 0 fully saturated rings. The number of amides is 1. The zero-order valence-electron chi connectivity index (χ0n) is 17.6. The average Bonchev–Trinajstić information content (AvgIpc) is 3.42. The van der Waals surface area contributed by atoms with E-state index in [-0.39, 0.29) is 17.9 Å². The van der Waals surface area contributed by atoms with Gasteiger partial charge in [0, 0.05) is 5.69 Å². The fourth-order valence-corrected chi connectivity index (χ4v) is 3.80. The van der Waals surface area contributed by atoms with E-state index in [0.29, 0.717) is 16.8 Å². The van der Waals surface area contributed by atoms with Crippen molar-refractivity contribution >= 4 is 23.3 Å². The highest BCUT2D eigenvalue weighted by molar-refractivity contribution is 6.20. The second kappa shape index (κ2) is 8.55. The molecule has 32 heavy (non-hydrogen) atoms. The number of hydrogen-bond acceptors (Lipinski definition) is 6. The van der Waals surface area contributed by atoms with Crippen LogP contribution in [-0.2, 0) is 9.53 Å². The summed E-state index contributed by atoms with van der Waals surface area (Å²) < 4.78 is 10.2. The predicted octanol–water partition coefficient (Wildman–Crippen LogP) is 4.55. The van der Waals surface area contributed by atoms with E-state index in [1.165, 1.54) is 17.2 Å². The molecule has 1 aliphatic heterocycles. The lowest BCUT2D eigenvalue weighted by Gasteiger charge is -2.28. The molecule has 0 saturated carbocycles. The average molecular weight is 431 g/mol. The summed E-state index contributed by atoms with van der Waals surface area (Å²) in [5.74, 6) is -2.36. The molecule has 0 spiro atoms. The third kappa shape index (κ3) is 3.58. The molecular formula is C25H21NO6. The number of hydrogen-bond donors (Lipinski definition) is 1. The first-order valence-corrected chi connectivity index (χ1v) is 10.1. The summed E-state index contributed by atoms with van der Waals surface area (Å²) in [7, 11) is 0. The van der Waals surface area contributed by atoms with Crippen molar-refractivity contribution in [2.45, 2.75) is 19.9 Å². The lowest BCUT2D eigenvalue weighted by molar-refractivity contribution is -0.117. The number of ketones is 1. The number of benzene rings is 2. The number of aryl methyl sites for hydroxylation is 1. The minimum atomic E-state index is -0.866. The Morgan fingerprint density at radius 1 is 1.06 bits per heavy atom. The van der Waals surface area contributed by atoms with E-state index < -0.39 is 29.5 Å². The highest BCUT2D eigenvalue weighted by Crippen LogP contribution is 2.42. The van der Waals surface area contributed by atoms with Gasteiger partial charge < -0.3 is 14.3 Å². The molecule has 0 radical (unpaired) electrons. The molecule has 3 aromatic rings. The number of esters is 1. The normalized spacial score (nSPS) is 15.9. The van der Waals surface area contributed by atoms with Crippen molar-refractivity contribution in [3.63, 3.8) is 0 Å². The largest absolute Gasteiger partial charge is 0.503 e. The third-order valence-corrected chi connectivity index (χ3v) is 5.34. The molecule has 7 heteroatoms. The molecule has 1 aliphatic rings. The van der Waals surface area contributed by atoms with Gasteiger partial charge in [0.15, 0.2) is 11.5 Å². The molecule has 1 amide bonds. The van der Waals surface area contributed by atoms with Crippen LogP contribution in [0.4, 0.5) is 5.69 Å². The van der Waals surface area contributed by atoms with Crippen LogP contribution in [0.15, 0.2) is 82.7 Å².